The van der Waals surface area contributed by atoms with Gasteiger partial charge in [0.15, 0.2) is 0 Å². The zero-order valence-corrected chi connectivity index (χ0v) is 16.4. The normalized spacial score (nSPS) is 16.9. The number of amides is 2. The highest BCUT2D eigenvalue weighted by Crippen LogP contribution is 2.29. The predicted molar refractivity (Wildman–Crippen MR) is 112 cm³/mol. The molecule has 1 heterocycles. The van der Waals surface area contributed by atoms with E-state index in [-0.39, 0.29) is 24.4 Å². The van der Waals surface area contributed by atoms with Crippen molar-refractivity contribution >= 4 is 29.0 Å². The van der Waals surface area contributed by atoms with Crippen molar-refractivity contribution in [2.45, 2.75) is 38.7 Å². The molecule has 4 rings (SSSR count). The van der Waals surface area contributed by atoms with E-state index in [0.717, 1.165) is 18.4 Å². The fourth-order valence-electron chi connectivity index (χ4n) is 3.49. The summed E-state index contributed by atoms with van der Waals surface area (Å²) >= 11 is 0. The number of nitrogens with zero attached hydrogens (tertiary/aromatic N) is 2. The molecule has 0 atom stereocenters. The van der Waals surface area contributed by atoms with Crippen LogP contribution in [0.3, 0.4) is 0 Å². The van der Waals surface area contributed by atoms with Crippen LogP contribution in [0.15, 0.2) is 53.5 Å². The maximum absolute atomic E-state index is 12.8. The van der Waals surface area contributed by atoms with Gasteiger partial charge in [-0.05, 0) is 56.9 Å². The number of hydrazine groups is 1. The van der Waals surface area contributed by atoms with E-state index < -0.39 is 5.91 Å². The van der Waals surface area contributed by atoms with Crippen molar-refractivity contribution in [1.82, 2.24) is 5.43 Å². The molecule has 7 nitrogen and oxygen atoms in total. The maximum atomic E-state index is 12.8. The van der Waals surface area contributed by atoms with Gasteiger partial charge in [0.1, 0.15) is 12.3 Å². The highest BCUT2D eigenvalue weighted by Gasteiger charge is 2.26. The highest BCUT2D eigenvalue weighted by atomic mass is 16.5. The van der Waals surface area contributed by atoms with Crippen LogP contribution in [-0.4, -0.2) is 30.3 Å². The number of ether oxygens (including phenoxy) is 1. The first kappa shape index (κ1) is 19.0. The number of amidine groups is 1. The van der Waals surface area contributed by atoms with Crippen LogP contribution in [0.25, 0.3) is 0 Å². The Bertz CT molecular complexity index is 933. The number of hydrogen-bond donors (Lipinski definition) is 2. The molecule has 2 aliphatic rings. The molecule has 0 unspecified atom stereocenters. The molecule has 2 aromatic carbocycles. The topological polar surface area (TPSA) is 83.0 Å². The van der Waals surface area contributed by atoms with Gasteiger partial charge in [-0.15, -0.1) is 0 Å². The van der Waals surface area contributed by atoms with E-state index in [9.17, 15) is 9.59 Å². The third kappa shape index (κ3) is 4.39. The van der Waals surface area contributed by atoms with Crippen molar-refractivity contribution in [1.29, 1.82) is 0 Å². The molecular formula is C22H24N4O3. The zero-order valence-electron chi connectivity index (χ0n) is 16.4. The predicted octanol–water partition coefficient (Wildman–Crippen LogP) is 3.20. The summed E-state index contributed by atoms with van der Waals surface area (Å²) < 4.78 is 6.07. The van der Waals surface area contributed by atoms with Crippen molar-refractivity contribution < 1.29 is 14.3 Å². The third-order valence-electron chi connectivity index (χ3n) is 5.08. The largest absolute Gasteiger partial charge is 0.488 e. The summed E-state index contributed by atoms with van der Waals surface area (Å²) in [7, 11) is 0. The third-order valence-corrected chi connectivity index (χ3v) is 5.08. The Morgan fingerprint density at radius 1 is 1.14 bits per heavy atom. The van der Waals surface area contributed by atoms with E-state index in [1.807, 2.05) is 49.4 Å². The van der Waals surface area contributed by atoms with Crippen LogP contribution in [0, 0.1) is 6.92 Å². The number of aryl methyl sites for hydroxylation is 1. The van der Waals surface area contributed by atoms with Gasteiger partial charge in [0, 0.05) is 0 Å². The molecule has 1 aliphatic heterocycles. The molecule has 0 radical (unpaired) electrons. The number of hydrogen-bond acceptors (Lipinski definition) is 5. The molecule has 1 fully saturated rings. The molecular weight excluding hydrogens is 368 g/mol. The lowest BCUT2D eigenvalue weighted by molar-refractivity contribution is -0.118. The molecule has 2 N–H and O–H groups in total. The lowest BCUT2D eigenvalue weighted by atomic mass is 10.2. The minimum atomic E-state index is -0.419. The molecule has 1 saturated carbocycles. The molecule has 2 amide bonds. The fourth-order valence-corrected chi connectivity index (χ4v) is 3.49. The number of nitrogens with one attached hydrogen (secondary N) is 2. The average molecular weight is 392 g/mol. The van der Waals surface area contributed by atoms with E-state index in [0.29, 0.717) is 17.1 Å². The first-order valence-corrected chi connectivity index (χ1v) is 9.88. The summed E-state index contributed by atoms with van der Waals surface area (Å²) in [6, 6.07) is 14.8. The van der Waals surface area contributed by atoms with E-state index >= 15 is 0 Å². The monoisotopic (exact) mass is 392 g/mol. The second-order valence-corrected chi connectivity index (χ2v) is 7.32. The molecule has 29 heavy (non-hydrogen) atoms. The summed E-state index contributed by atoms with van der Waals surface area (Å²) in [4.78, 5) is 29.1. The number of para-hydroxylation sites is 2. The number of carbonyl (C=O) groups excluding carboxylic acids is 2. The Morgan fingerprint density at radius 2 is 1.86 bits per heavy atom. The molecule has 1 aliphatic carbocycles. The summed E-state index contributed by atoms with van der Waals surface area (Å²) in [5.74, 6) is 0.0870. The van der Waals surface area contributed by atoms with Crippen LogP contribution < -0.4 is 20.5 Å². The first-order chi connectivity index (χ1) is 14.1. The van der Waals surface area contributed by atoms with Crippen LogP contribution in [0.1, 0.15) is 31.2 Å². The first-order valence-electron chi connectivity index (χ1n) is 9.88. The Hall–Kier alpha value is -3.35. The smallest absolute Gasteiger partial charge is 0.292 e. The summed E-state index contributed by atoms with van der Waals surface area (Å²) in [6.07, 6.45) is 4.59. The van der Waals surface area contributed by atoms with Crippen LogP contribution >= 0.6 is 0 Å². The number of rotatable bonds is 5. The van der Waals surface area contributed by atoms with E-state index in [1.54, 1.807) is 6.07 Å². The standard InChI is InChI=1S/C22H24N4O3/c1-15-10-12-16(13-11-15)26-20(27)14-23-21(25-26)22(28)24-18-8-4-5-9-19(18)29-17-6-2-3-7-17/h4-5,8-13,17H,2-3,6-7,14H2,1H3,(H,23,25)(H,24,28). The van der Waals surface area contributed by atoms with Gasteiger partial charge in [0.2, 0.25) is 5.84 Å². The number of benzene rings is 2. The Kier molecular flexibility index (Phi) is 5.46. The van der Waals surface area contributed by atoms with Crippen LogP contribution in [-0.2, 0) is 9.59 Å². The average Bonchev–Trinajstić information content (AvgIpc) is 3.24. The van der Waals surface area contributed by atoms with Gasteiger partial charge in [0.25, 0.3) is 11.8 Å². The Labute approximate surface area is 169 Å². The van der Waals surface area contributed by atoms with Gasteiger partial charge >= 0.3 is 0 Å². The lowest BCUT2D eigenvalue weighted by Gasteiger charge is -2.27. The summed E-state index contributed by atoms with van der Waals surface area (Å²) in [5.41, 5.74) is 5.17. The number of aliphatic imine (C=N–C) groups is 1. The SMILES string of the molecule is Cc1ccc(N2NC(C(=O)Nc3ccccc3OC3CCCC3)=NCC2=O)cc1. The summed E-state index contributed by atoms with van der Waals surface area (Å²) in [5, 5.41) is 4.20. The highest BCUT2D eigenvalue weighted by molar-refractivity contribution is 6.43. The second-order valence-electron chi connectivity index (χ2n) is 7.32. The van der Waals surface area contributed by atoms with Crippen molar-refractivity contribution in [3.8, 4) is 5.75 Å². The van der Waals surface area contributed by atoms with Crippen molar-refractivity contribution in [3.63, 3.8) is 0 Å². The second kappa shape index (κ2) is 8.34. The molecule has 0 bridgehead atoms. The molecule has 150 valence electrons. The van der Waals surface area contributed by atoms with Gasteiger partial charge in [0.05, 0.1) is 17.5 Å². The van der Waals surface area contributed by atoms with E-state index in [1.165, 1.54) is 17.9 Å². The van der Waals surface area contributed by atoms with Gasteiger partial charge in [-0.25, -0.2) is 5.01 Å². The molecule has 7 heteroatoms. The zero-order chi connectivity index (χ0) is 20.2. The van der Waals surface area contributed by atoms with Crippen molar-refractivity contribution in [3.05, 3.63) is 54.1 Å². The Morgan fingerprint density at radius 3 is 2.62 bits per heavy atom. The molecule has 0 saturated heterocycles. The van der Waals surface area contributed by atoms with Crippen LogP contribution in [0.5, 0.6) is 5.75 Å². The molecule has 0 spiro atoms. The fraction of sp³-hybridized carbons (Fsp3) is 0.318. The van der Waals surface area contributed by atoms with Crippen LogP contribution in [0.2, 0.25) is 0 Å². The van der Waals surface area contributed by atoms with Crippen LogP contribution in [0.4, 0.5) is 11.4 Å². The van der Waals surface area contributed by atoms with E-state index in [4.69, 9.17) is 4.74 Å². The minimum Gasteiger partial charge on any atom is -0.488 e. The minimum absolute atomic E-state index is 0.0841. The van der Waals surface area contributed by atoms with Gasteiger partial charge in [-0.1, -0.05) is 29.8 Å². The van der Waals surface area contributed by atoms with Crippen molar-refractivity contribution in [2.75, 3.05) is 16.9 Å². The van der Waals surface area contributed by atoms with E-state index in [2.05, 4.69) is 15.7 Å². The number of anilines is 2. The van der Waals surface area contributed by atoms with Gasteiger partial charge < -0.3 is 10.1 Å². The van der Waals surface area contributed by atoms with Gasteiger partial charge in [-0.3, -0.25) is 20.0 Å². The quantitative estimate of drug-likeness (QED) is 0.819. The summed E-state index contributed by atoms with van der Waals surface area (Å²) in [6.45, 7) is 1.88. The Balaban J connectivity index is 1.47. The lowest BCUT2D eigenvalue weighted by Crippen LogP contribution is -2.54. The number of carbonyl (C=O) groups is 2. The van der Waals surface area contributed by atoms with Crippen molar-refractivity contribution in [2.24, 2.45) is 4.99 Å². The van der Waals surface area contributed by atoms with Gasteiger partial charge in [-0.2, -0.15) is 0 Å². The maximum Gasteiger partial charge on any atom is 0.292 e. The molecule has 2 aromatic rings. The molecule has 0 aromatic heterocycles.